The van der Waals surface area contributed by atoms with E-state index in [1.165, 1.54) is 0 Å². The van der Waals surface area contributed by atoms with Crippen LogP contribution in [0.2, 0.25) is 0 Å². The Labute approximate surface area is 183 Å². The van der Waals surface area contributed by atoms with E-state index in [-0.39, 0.29) is 31.2 Å². The third-order valence-corrected chi connectivity index (χ3v) is 4.91. The van der Waals surface area contributed by atoms with Crippen LogP contribution in [-0.4, -0.2) is 55.0 Å². The number of hydrogen-bond acceptors (Lipinski definition) is 5. The molecule has 1 unspecified atom stereocenters. The van der Waals surface area contributed by atoms with E-state index < -0.39 is 6.10 Å². The van der Waals surface area contributed by atoms with Gasteiger partial charge in [-0.25, -0.2) is 0 Å². The van der Waals surface area contributed by atoms with Gasteiger partial charge >= 0.3 is 0 Å². The summed E-state index contributed by atoms with van der Waals surface area (Å²) in [4.78, 5) is 14.9. The molecule has 1 N–H and O–H groups in total. The lowest BCUT2D eigenvalue weighted by Crippen LogP contribution is -2.30. The first kappa shape index (κ1) is 23.9. The summed E-state index contributed by atoms with van der Waals surface area (Å²) in [6.45, 7) is 0.920. The summed E-state index contributed by atoms with van der Waals surface area (Å²) < 4.78 is 12.8. The molecule has 0 spiro atoms. The molecule has 0 radical (unpaired) electrons. The minimum atomic E-state index is -0.595. The molecular weight excluding hydrogens is 404 g/mol. The third-order valence-electron chi connectivity index (χ3n) is 4.91. The molecule has 0 aliphatic heterocycles. The van der Waals surface area contributed by atoms with Gasteiger partial charge in [-0.3, -0.25) is 4.79 Å². The maximum atomic E-state index is 13.0. The molecule has 3 rings (SSSR count). The van der Waals surface area contributed by atoms with Gasteiger partial charge in [0.15, 0.2) is 0 Å². The Kier molecular flexibility index (Phi) is 8.43. The fraction of sp³-hybridized carbons (Fsp3) is 0.348. The molecule has 1 aromatic heterocycles. The zero-order valence-electron chi connectivity index (χ0n) is 17.8. The highest BCUT2D eigenvalue weighted by atomic mass is 35.5. The molecule has 30 heavy (non-hydrogen) atoms. The number of hydrogen-bond donors (Lipinski definition) is 1. The van der Waals surface area contributed by atoms with Gasteiger partial charge in [-0.1, -0.05) is 30.3 Å². The molecule has 3 aromatic rings. The molecular formula is C23H29ClN2O4. The van der Waals surface area contributed by atoms with Gasteiger partial charge in [-0.2, -0.15) is 0 Å². The van der Waals surface area contributed by atoms with E-state index in [9.17, 15) is 9.90 Å². The van der Waals surface area contributed by atoms with Crippen molar-refractivity contribution in [2.75, 3.05) is 34.4 Å². The molecule has 162 valence electrons. The highest BCUT2D eigenvalue weighted by molar-refractivity contribution is 5.98. The van der Waals surface area contributed by atoms with Crippen LogP contribution in [-0.2, 0) is 18.4 Å². The second-order valence-corrected chi connectivity index (χ2v) is 7.39. The van der Waals surface area contributed by atoms with Crippen molar-refractivity contribution in [1.82, 2.24) is 9.47 Å². The van der Waals surface area contributed by atoms with E-state index in [1.54, 1.807) is 30.9 Å². The Hall–Kier alpha value is -2.38. The van der Waals surface area contributed by atoms with Crippen LogP contribution in [0, 0.1) is 0 Å². The summed E-state index contributed by atoms with van der Waals surface area (Å²) in [7, 11) is 7.17. The predicted octanol–water partition coefficient (Wildman–Crippen LogP) is 3.08. The van der Waals surface area contributed by atoms with Crippen molar-refractivity contribution < 1.29 is 14.6 Å². The molecule has 0 fully saturated rings. The summed E-state index contributed by atoms with van der Waals surface area (Å²) in [5.74, 6) is 0.691. The minimum Gasteiger partial charge on any atom is -0.497 e. The lowest BCUT2D eigenvalue weighted by atomic mass is 9.96. The monoisotopic (exact) mass is 432 g/mol. The van der Waals surface area contributed by atoms with Gasteiger partial charge in [0.2, 0.25) is 0 Å². The Morgan fingerprint density at radius 3 is 2.43 bits per heavy atom. The summed E-state index contributed by atoms with van der Waals surface area (Å²) in [5, 5.41) is 11.5. The number of aliphatic hydroxyl groups excluding tert-OH is 1. The van der Waals surface area contributed by atoms with Gasteiger partial charge in [-0.15, -0.1) is 12.4 Å². The number of likely N-dealkylation sites (N-methyl/N-ethyl adjacent to an activating group) is 1. The SMILES string of the molecule is COc1ccc2c(=O)n(C)c(COCC(O)CN(C)C)c(-c3ccccc3)c2c1.Cl. The predicted molar refractivity (Wildman–Crippen MR) is 123 cm³/mol. The van der Waals surface area contributed by atoms with Crippen molar-refractivity contribution in [3.05, 3.63) is 64.6 Å². The first-order chi connectivity index (χ1) is 13.9. The average molecular weight is 433 g/mol. The van der Waals surface area contributed by atoms with Crippen LogP contribution in [0.25, 0.3) is 21.9 Å². The van der Waals surface area contributed by atoms with Crippen LogP contribution in [0.4, 0.5) is 0 Å². The normalized spacial score (nSPS) is 12.1. The number of aliphatic hydroxyl groups is 1. The zero-order valence-corrected chi connectivity index (χ0v) is 18.6. The average Bonchev–Trinajstić information content (AvgIpc) is 2.71. The number of aromatic nitrogens is 1. The van der Waals surface area contributed by atoms with Crippen LogP contribution < -0.4 is 10.3 Å². The van der Waals surface area contributed by atoms with E-state index in [0.29, 0.717) is 17.7 Å². The standard InChI is InChI=1S/C23H28N2O4.ClH/c1-24(2)13-17(26)14-29-15-21-22(16-8-6-5-7-9-16)20-12-18(28-4)10-11-19(20)23(27)25(21)3;/h5-12,17,26H,13-15H2,1-4H3;1H. The molecule has 0 saturated carbocycles. The van der Waals surface area contributed by atoms with E-state index in [0.717, 1.165) is 22.2 Å². The van der Waals surface area contributed by atoms with Crippen LogP contribution in [0.5, 0.6) is 5.75 Å². The van der Waals surface area contributed by atoms with Crippen LogP contribution >= 0.6 is 12.4 Å². The summed E-state index contributed by atoms with van der Waals surface area (Å²) in [6.07, 6.45) is -0.595. The maximum Gasteiger partial charge on any atom is 0.258 e. The number of benzene rings is 2. The van der Waals surface area contributed by atoms with Crippen molar-refractivity contribution in [2.45, 2.75) is 12.7 Å². The molecule has 0 saturated heterocycles. The van der Waals surface area contributed by atoms with Crippen molar-refractivity contribution in [3.8, 4) is 16.9 Å². The molecule has 7 heteroatoms. The van der Waals surface area contributed by atoms with Crippen molar-refractivity contribution in [3.63, 3.8) is 0 Å². The first-order valence-corrected chi connectivity index (χ1v) is 9.58. The second-order valence-electron chi connectivity index (χ2n) is 7.39. The number of rotatable bonds is 8. The minimum absolute atomic E-state index is 0. The Bertz CT molecular complexity index is 1030. The lowest BCUT2D eigenvalue weighted by molar-refractivity contribution is 0.0151. The fourth-order valence-electron chi connectivity index (χ4n) is 3.53. The van der Waals surface area contributed by atoms with E-state index in [4.69, 9.17) is 9.47 Å². The molecule has 1 heterocycles. The van der Waals surface area contributed by atoms with E-state index in [2.05, 4.69) is 0 Å². The van der Waals surface area contributed by atoms with Crippen LogP contribution in [0.15, 0.2) is 53.3 Å². The molecule has 2 aromatic carbocycles. The largest absolute Gasteiger partial charge is 0.497 e. The quantitative estimate of drug-likeness (QED) is 0.592. The second kappa shape index (κ2) is 10.6. The van der Waals surface area contributed by atoms with E-state index in [1.807, 2.05) is 55.4 Å². The van der Waals surface area contributed by atoms with Gasteiger partial charge in [-0.05, 0) is 37.9 Å². The number of nitrogens with zero attached hydrogens (tertiary/aromatic N) is 2. The van der Waals surface area contributed by atoms with Crippen LogP contribution in [0.1, 0.15) is 5.69 Å². The van der Waals surface area contributed by atoms with Crippen LogP contribution in [0.3, 0.4) is 0 Å². The Balaban J connectivity index is 0.00000320. The lowest BCUT2D eigenvalue weighted by Gasteiger charge is -2.20. The van der Waals surface area contributed by atoms with Gasteiger partial charge < -0.3 is 24.0 Å². The Morgan fingerprint density at radius 1 is 1.10 bits per heavy atom. The molecule has 1 atom stereocenters. The summed E-state index contributed by atoms with van der Waals surface area (Å²) in [5.41, 5.74) is 2.60. The third kappa shape index (κ3) is 5.21. The summed E-state index contributed by atoms with van der Waals surface area (Å²) >= 11 is 0. The van der Waals surface area contributed by atoms with Crippen molar-refractivity contribution in [1.29, 1.82) is 0 Å². The highest BCUT2D eigenvalue weighted by Crippen LogP contribution is 2.33. The van der Waals surface area contributed by atoms with Crippen molar-refractivity contribution >= 4 is 23.2 Å². The van der Waals surface area contributed by atoms with E-state index >= 15 is 0 Å². The molecule has 0 amide bonds. The molecule has 0 aliphatic rings. The highest BCUT2D eigenvalue weighted by Gasteiger charge is 2.18. The number of halogens is 1. The van der Waals surface area contributed by atoms with Gasteiger partial charge in [0.25, 0.3) is 5.56 Å². The topological polar surface area (TPSA) is 63.9 Å². The molecule has 0 bridgehead atoms. The van der Waals surface area contributed by atoms with Gasteiger partial charge in [0.1, 0.15) is 5.75 Å². The first-order valence-electron chi connectivity index (χ1n) is 9.58. The van der Waals surface area contributed by atoms with Gasteiger partial charge in [0, 0.05) is 29.9 Å². The molecule has 0 aliphatic carbocycles. The smallest absolute Gasteiger partial charge is 0.258 e. The number of pyridine rings is 1. The van der Waals surface area contributed by atoms with Crippen molar-refractivity contribution in [2.24, 2.45) is 7.05 Å². The molecule has 6 nitrogen and oxygen atoms in total. The number of methoxy groups -OCH3 is 1. The number of fused-ring (bicyclic) bond motifs is 1. The fourth-order valence-corrected chi connectivity index (χ4v) is 3.53. The zero-order chi connectivity index (χ0) is 21.0. The number of ether oxygens (including phenoxy) is 2. The Morgan fingerprint density at radius 2 is 1.80 bits per heavy atom. The summed E-state index contributed by atoms with van der Waals surface area (Å²) in [6, 6.07) is 15.4. The van der Waals surface area contributed by atoms with Gasteiger partial charge in [0.05, 0.1) is 32.1 Å². The maximum absolute atomic E-state index is 13.0.